The number of hydrogen-bond donors (Lipinski definition) is 1. The van der Waals surface area contributed by atoms with Crippen molar-refractivity contribution in [3.63, 3.8) is 0 Å². The fourth-order valence-corrected chi connectivity index (χ4v) is 3.44. The molecule has 1 atom stereocenters. The van der Waals surface area contributed by atoms with Crippen molar-refractivity contribution in [2.24, 2.45) is 5.73 Å². The Morgan fingerprint density at radius 2 is 1.87 bits per heavy atom. The summed E-state index contributed by atoms with van der Waals surface area (Å²) < 4.78 is 16.5. The Kier molecular flexibility index (Phi) is 9.15. The number of methoxy groups -OCH3 is 2. The number of hydrogen-bond acceptors (Lipinski definition) is 6. The molecule has 6 nitrogen and oxygen atoms in total. The molecule has 0 bridgehead atoms. The molecule has 164 valence electrons. The second-order valence-corrected chi connectivity index (χ2v) is 7.55. The van der Waals surface area contributed by atoms with Crippen LogP contribution in [0.5, 0.6) is 11.5 Å². The molecule has 0 heterocycles. The average molecular weight is 415 g/mol. The van der Waals surface area contributed by atoms with Crippen molar-refractivity contribution >= 4 is 5.97 Å². The lowest BCUT2D eigenvalue weighted by Crippen LogP contribution is -2.33. The number of likely N-dealkylation sites (N-methyl/N-ethyl adjacent to an activating group) is 1. The molecule has 2 aromatic carbocycles. The first kappa shape index (κ1) is 23.7. The topological polar surface area (TPSA) is 74.0 Å². The molecule has 0 unspecified atom stereocenters. The average Bonchev–Trinajstić information content (AvgIpc) is 2.73. The number of nitrogens with two attached hydrogens (primary N) is 1. The summed E-state index contributed by atoms with van der Waals surface area (Å²) in [7, 11) is 7.16. The van der Waals surface area contributed by atoms with E-state index in [-0.39, 0.29) is 0 Å². The predicted octanol–water partition coefficient (Wildman–Crippen LogP) is 2.83. The van der Waals surface area contributed by atoms with E-state index < -0.39 is 12.0 Å². The monoisotopic (exact) mass is 414 g/mol. The standard InChI is InChI=1S/C24H34N2O4/c1-6-30-23-19(12-13-26(2)3)10-11-22(28-4)20(23)15-17-8-7-9-18(14-17)16-21(25)24(27)29-5/h7-11,14,21H,6,12-13,15-16,25H2,1-5H3/t21-/m0/s1. The van der Waals surface area contributed by atoms with Gasteiger partial charge < -0.3 is 24.8 Å². The minimum atomic E-state index is -0.673. The summed E-state index contributed by atoms with van der Waals surface area (Å²) in [5.41, 5.74) is 10.2. The summed E-state index contributed by atoms with van der Waals surface area (Å²) in [4.78, 5) is 13.8. The predicted molar refractivity (Wildman–Crippen MR) is 119 cm³/mol. The van der Waals surface area contributed by atoms with Gasteiger partial charge in [0.2, 0.25) is 0 Å². The lowest BCUT2D eigenvalue weighted by Gasteiger charge is -2.20. The number of rotatable bonds is 11. The molecule has 0 aliphatic carbocycles. The number of nitrogens with zero attached hydrogens (tertiary/aromatic N) is 1. The Hall–Kier alpha value is -2.57. The van der Waals surface area contributed by atoms with Crippen molar-refractivity contribution < 1.29 is 19.0 Å². The summed E-state index contributed by atoms with van der Waals surface area (Å²) in [6.45, 7) is 3.52. The van der Waals surface area contributed by atoms with E-state index in [1.165, 1.54) is 12.7 Å². The highest BCUT2D eigenvalue weighted by Crippen LogP contribution is 2.35. The van der Waals surface area contributed by atoms with Gasteiger partial charge in [-0.2, -0.15) is 0 Å². The summed E-state index contributed by atoms with van der Waals surface area (Å²) in [5.74, 6) is 1.30. The van der Waals surface area contributed by atoms with Crippen LogP contribution < -0.4 is 15.2 Å². The van der Waals surface area contributed by atoms with Crippen LogP contribution >= 0.6 is 0 Å². The smallest absolute Gasteiger partial charge is 0.322 e. The van der Waals surface area contributed by atoms with Crippen LogP contribution in [-0.2, 0) is 28.8 Å². The van der Waals surface area contributed by atoms with Crippen LogP contribution in [0.2, 0.25) is 0 Å². The largest absolute Gasteiger partial charge is 0.496 e. The first-order valence-electron chi connectivity index (χ1n) is 10.3. The van der Waals surface area contributed by atoms with Gasteiger partial charge >= 0.3 is 5.97 Å². The molecule has 2 aromatic rings. The molecule has 30 heavy (non-hydrogen) atoms. The van der Waals surface area contributed by atoms with Gasteiger partial charge in [0.1, 0.15) is 17.5 Å². The minimum Gasteiger partial charge on any atom is -0.496 e. The van der Waals surface area contributed by atoms with E-state index in [0.29, 0.717) is 19.4 Å². The fourth-order valence-electron chi connectivity index (χ4n) is 3.44. The van der Waals surface area contributed by atoms with E-state index in [9.17, 15) is 4.79 Å². The Morgan fingerprint density at radius 3 is 2.50 bits per heavy atom. The SMILES string of the molecule is CCOc1c(CCN(C)C)ccc(OC)c1Cc1cccc(C[C@H](N)C(=O)OC)c1. The van der Waals surface area contributed by atoms with Gasteiger partial charge in [-0.15, -0.1) is 0 Å². The molecule has 6 heteroatoms. The zero-order valence-corrected chi connectivity index (χ0v) is 18.7. The Balaban J connectivity index is 2.35. The molecule has 0 saturated carbocycles. The molecule has 2 rings (SSSR count). The first-order valence-corrected chi connectivity index (χ1v) is 10.3. The van der Waals surface area contributed by atoms with E-state index in [2.05, 4.69) is 37.2 Å². The van der Waals surface area contributed by atoms with E-state index in [1.54, 1.807) is 7.11 Å². The zero-order valence-electron chi connectivity index (χ0n) is 18.7. The third-order valence-electron chi connectivity index (χ3n) is 4.97. The molecule has 0 aliphatic rings. The second-order valence-electron chi connectivity index (χ2n) is 7.55. The maximum atomic E-state index is 11.7. The van der Waals surface area contributed by atoms with Crippen LogP contribution in [0, 0.1) is 0 Å². The highest BCUT2D eigenvalue weighted by Gasteiger charge is 2.18. The van der Waals surface area contributed by atoms with E-state index in [4.69, 9.17) is 19.9 Å². The molecular weight excluding hydrogens is 380 g/mol. The maximum Gasteiger partial charge on any atom is 0.322 e. The Labute approximate surface area is 179 Å². The molecule has 2 N–H and O–H groups in total. The Bertz CT molecular complexity index is 836. The van der Waals surface area contributed by atoms with Crippen molar-refractivity contribution in [3.05, 3.63) is 58.7 Å². The fraction of sp³-hybridized carbons (Fsp3) is 0.458. The van der Waals surface area contributed by atoms with Gasteiger partial charge in [0, 0.05) is 18.5 Å². The maximum absolute atomic E-state index is 11.7. The molecule has 0 aromatic heterocycles. The van der Waals surface area contributed by atoms with Crippen molar-refractivity contribution in [1.82, 2.24) is 4.90 Å². The van der Waals surface area contributed by atoms with Gasteiger partial charge in [0.15, 0.2) is 0 Å². The van der Waals surface area contributed by atoms with Crippen molar-refractivity contribution in [2.75, 3.05) is 41.5 Å². The third kappa shape index (κ3) is 6.47. The highest BCUT2D eigenvalue weighted by molar-refractivity contribution is 5.75. The van der Waals surface area contributed by atoms with E-state index in [0.717, 1.165) is 41.2 Å². The number of carbonyl (C=O) groups excluding carboxylic acids is 1. The molecule has 0 fully saturated rings. The van der Waals surface area contributed by atoms with Crippen LogP contribution in [0.25, 0.3) is 0 Å². The molecule has 0 aliphatic heterocycles. The van der Waals surface area contributed by atoms with Crippen LogP contribution in [0.3, 0.4) is 0 Å². The van der Waals surface area contributed by atoms with E-state index in [1.807, 2.05) is 25.1 Å². The summed E-state index contributed by atoms with van der Waals surface area (Å²) in [6.07, 6.45) is 1.99. The Morgan fingerprint density at radius 1 is 1.13 bits per heavy atom. The van der Waals surface area contributed by atoms with Gasteiger partial charge in [-0.05, 0) is 56.6 Å². The van der Waals surface area contributed by atoms with E-state index >= 15 is 0 Å². The number of esters is 1. The third-order valence-corrected chi connectivity index (χ3v) is 4.97. The van der Waals surface area contributed by atoms with Crippen LogP contribution in [0.15, 0.2) is 36.4 Å². The van der Waals surface area contributed by atoms with Gasteiger partial charge in [-0.3, -0.25) is 4.79 Å². The van der Waals surface area contributed by atoms with Crippen molar-refractivity contribution in [1.29, 1.82) is 0 Å². The number of benzene rings is 2. The summed E-state index contributed by atoms with van der Waals surface area (Å²) in [5, 5.41) is 0. The number of carbonyl (C=O) groups is 1. The quantitative estimate of drug-likeness (QED) is 0.570. The molecule has 0 spiro atoms. The van der Waals surface area contributed by atoms with Crippen LogP contribution in [0.4, 0.5) is 0 Å². The lowest BCUT2D eigenvalue weighted by molar-refractivity contribution is -0.142. The molecular formula is C24H34N2O4. The van der Waals surface area contributed by atoms with Crippen molar-refractivity contribution in [2.45, 2.75) is 32.2 Å². The highest BCUT2D eigenvalue weighted by atomic mass is 16.5. The second kappa shape index (κ2) is 11.6. The van der Waals surface area contributed by atoms with Gasteiger partial charge in [0.05, 0.1) is 20.8 Å². The summed E-state index contributed by atoms with van der Waals surface area (Å²) >= 11 is 0. The minimum absolute atomic E-state index is 0.408. The lowest BCUT2D eigenvalue weighted by atomic mass is 9.96. The molecule has 0 radical (unpaired) electrons. The van der Waals surface area contributed by atoms with Crippen LogP contribution in [-0.4, -0.2) is 58.4 Å². The van der Waals surface area contributed by atoms with Gasteiger partial charge in [-0.1, -0.05) is 30.3 Å². The van der Waals surface area contributed by atoms with Crippen molar-refractivity contribution in [3.8, 4) is 11.5 Å². The normalized spacial score (nSPS) is 12.0. The number of ether oxygens (including phenoxy) is 3. The zero-order chi connectivity index (χ0) is 22.1. The van der Waals surface area contributed by atoms with Gasteiger partial charge in [-0.25, -0.2) is 0 Å². The first-order chi connectivity index (χ1) is 14.4. The van der Waals surface area contributed by atoms with Crippen LogP contribution in [0.1, 0.15) is 29.2 Å². The van der Waals surface area contributed by atoms with Gasteiger partial charge in [0.25, 0.3) is 0 Å². The molecule has 0 saturated heterocycles. The summed E-state index contributed by atoms with van der Waals surface area (Å²) in [6, 6.07) is 11.5. The molecule has 0 amide bonds.